The van der Waals surface area contributed by atoms with Crippen LogP contribution in [0.15, 0.2) is 47.3 Å². The molecule has 0 bridgehead atoms. The van der Waals surface area contributed by atoms with Crippen LogP contribution in [0.2, 0.25) is 0 Å². The number of nitrogens with zero attached hydrogens (tertiary/aromatic N) is 1. The second-order valence-electron chi connectivity index (χ2n) is 6.73. The van der Waals surface area contributed by atoms with Crippen LogP contribution < -0.4 is 5.56 Å². The number of fused-ring (bicyclic) bond motifs is 2. The van der Waals surface area contributed by atoms with Gasteiger partial charge >= 0.3 is 5.97 Å². The number of carbonyl (C=O) groups is 1. The van der Waals surface area contributed by atoms with Gasteiger partial charge in [-0.2, -0.15) is 0 Å². The van der Waals surface area contributed by atoms with Crippen molar-refractivity contribution in [2.24, 2.45) is 0 Å². The highest BCUT2D eigenvalue weighted by molar-refractivity contribution is 5.77. The lowest BCUT2D eigenvalue weighted by atomic mass is 10.0. The van der Waals surface area contributed by atoms with Crippen LogP contribution in [-0.2, 0) is 28.8 Å². The minimum atomic E-state index is -0.616. The van der Waals surface area contributed by atoms with Crippen molar-refractivity contribution in [2.75, 3.05) is 0 Å². The lowest BCUT2D eigenvalue weighted by Crippen LogP contribution is -2.18. The number of nitrogens with one attached hydrogen (secondary N) is 1. The standard InChI is InChI=1S/C21H20N2O3/c1-13(20-22-18-8-3-2-7-17(18)21(25)23-20)26-19(24)12-14-9-10-15-5-4-6-16(15)11-14/h2-3,7-11,13H,4-6,12H2,1H3,(H,22,23,25)/t13-/m0/s1. The van der Waals surface area contributed by atoms with Gasteiger partial charge in [0.05, 0.1) is 17.3 Å². The molecule has 0 fully saturated rings. The number of esters is 1. The van der Waals surface area contributed by atoms with Gasteiger partial charge in [0.2, 0.25) is 0 Å². The summed E-state index contributed by atoms with van der Waals surface area (Å²) in [6.45, 7) is 1.72. The second-order valence-corrected chi connectivity index (χ2v) is 6.73. The largest absolute Gasteiger partial charge is 0.454 e. The van der Waals surface area contributed by atoms with Crippen molar-refractivity contribution in [2.45, 2.75) is 38.7 Å². The van der Waals surface area contributed by atoms with Crippen molar-refractivity contribution in [1.29, 1.82) is 0 Å². The van der Waals surface area contributed by atoms with Crippen LogP contribution in [0.5, 0.6) is 0 Å². The number of aromatic nitrogens is 2. The first kappa shape index (κ1) is 16.5. The number of para-hydroxylation sites is 1. The maximum absolute atomic E-state index is 12.3. The third-order valence-corrected chi connectivity index (χ3v) is 4.84. The summed E-state index contributed by atoms with van der Waals surface area (Å²) >= 11 is 0. The fraction of sp³-hybridized carbons (Fsp3) is 0.286. The Bertz CT molecular complexity index is 1040. The fourth-order valence-corrected chi connectivity index (χ4v) is 3.49. The van der Waals surface area contributed by atoms with E-state index in [-0.39, 0.29) is 17.9 Å². The third kappa shape index (κ3) is 3.25. The van der Waals surface area contributed by atoms with E-state index >= 15 is 0 Å². The highest BCUT2D eigenvalue weighted by Gasteiger charge is 2.17. The SMILES string of the molecule is C[C@H](OC(=O)Cc1ccc2c(c1)CCC2)c1nc2ccccc2c(=O)[nH]1. The minimum Gasteiger partial charge on any atom is -0.454 e. The number of aryl methyl sites for hydroxylation is 2. The molecule has 1 aromatic heterocycles. The van der Waals surface area contributed by atoms with E-state index in [1.165, 1.54) is 17.5 Å². The van der Waals surface area contributed by atoms with Gasteiger partial charge in [-0.15, -0.1) is 0 Å². The summed E-state index contributed by atoms with van der Waals surface area (Å²) in [7, 11) is 0. The second kappa shape index (κ2) is 6.75. The Balaban J connectivity index is 1.48. The molecule has 1 aliphatic carbocycles. The molecule has 0 saturated carbocycles. The molecule has 1 atom stereocenters. The Morgan fingerprint density at radius 1 is 1.19 bits per heavy atom. The van der Waals surface area contributed by atoms with Crippen molar-refractivity contribution in [3.8, 4) is 0 Å². The summed E-state index contributed by atoms with van der Waals surface area (Å²) in [5.41, 5.74) is 4.04. The van der Waals surface area contributed by atoms with E-state index in [4.69, 9.17) is 4.74 Å². The first-order valence-electron chi connectivity index (χ1n) is 8.89. The highest BCUT2D eigenvalue weighted by atomic mass is 16.5. The molecule has 0 spiro atoms. The smallest absolute Gasteiger partial charge is 0.310 e. The molecular formula is C21H20N2O3. The van der Waals surface area contributed by atoms with Gasteiger partial charge in [-0.05, 0) is 55.0 Å². The third-order valence-electron chi connectivity index (χ3n) is 4.84. The molecule has 3 aromatic rings. The summed E-state index contributed by atoms with van der Waals surface area (Å²) in [4.78, 5) is 31.6. The Kier molecular flexibility index (Phi) is 4.29. The van der Waals surface area contributed by atoms with Crippen molar-refractivity contribution in [3.63, 3.8) is 0 Å². The molecule has 0 radical (unpaired) electrons. The Hall–Kier alpha value is -2.95. The Labute approximate surface area is 151 Å². The van der Waals surface area contributed by atoms with Crippen molar-refractivity contribution < 1.29 is 9.53 Å². The van der Waals surface area contributed by atoms with E-state index in [1.807, 2.05) is 12.1 Å². The molecule has 1 N–H and O–H groups in total. The molecular weight excluding hydrogens is 328 g/mol. The number of hydrogen-bond donors (Lipinski definition) is 1. The molecule has 0 unspecified atom stereocenters. The van der Waals surface area contributed by atoms with Crippen LogP contribution in [0.4, 0.5) is 0 Å². The normalized spacial score (nSPS) is 14.2. The van der Waals surface area contributed by atoms with Gasteiger partial charge in [-0.1, -0.05) is 30.3 Å². The van der Waals surface area contributed by atoms with Crippen LogP contribution in [0.25, 0.3) is 10.9 Å². The average molecular weight is 348 g/mol. The van der Waals surface area contributed by atoms with Gasteiger partial charge < -0.3 is 9.72 Å². The fourth-order valence-electron chi connectivity index (χ4n) is 3.49. The number of benzene rings is 2. The van der Waals surface area contributed by atoms with Gasteiger partial charge in [0.15, 0.2) is 11.9 Å². The first-order valence-corrected chi connectivity index (χ1v) is 8.89. The Morgan fingerprint density at radius 3 is 2.88 bits per heavy atom. The van der Waals surface area contributed by atoms with Crippen LogP contribution in [0, 0.1) is 0 Å². The summed E-state index contributed by atoms with van der Waals surface area (Å²) in [6.07, 6.45) is 2.99. The van der Waals surface area contributed by atoms with Gasteiger partial charge in [0.1, 0.15) is 0 Å². The van der Waals surface area contributed by atoms with E-state index in [9.17, 15) is 9.59 Å². The molecule has 26 heavy (non-hydrogen) atoms. The maximum atomic E-state index is 12.3. The van der Waals surface area contributed by atoms with Crippen LogP contribution >= 0.6 is 0 Å². The lowest BCUT2D eigenvalue weighted by Gasteiger charge is -2.13. The first-order chi connectivity index (χ1) is 12.6. The lowest BCUT2D eigenvalue weighted by molar-refractivity contribution is -0.148. The quantitative estimate of drug-likeness (QED) is 0.735. The zero-order chi connectivity index (χ0) is 18.1. The predicted molar refractivity (Wildman–Crippen MR) is 99.0 cm³/mol. The number of carbonyl (C=O) groups excluding carboxylic acids is 1. The van der Waals surface area contributed by atoms with Crippen molar-refractivity contribution in [3.05, 3.63) is 75.3 Å². The number of hydrogen-bond acceptors (Lipinski definition) is 4. The molecule has 1 heterocycles. The molecule has 0 saturated heterocycles. The molecule has 5 nitrogen and oxygen atoms in total. The summed E-state index contributed by atoms with van der Waals surface area (Å²) in [5.74, 6) is 0.0299. The Morgan fingerprint density at radius 2 is 2.00 bits per heavy atom. The summed E-state index contributed by atoms with van der Waals surface area (Å²) in [5, 5.41) is 0.521. The van der Waals surface area contributed by atoms with E-state index < -0.39 is 6.10 Å². The number of H-pyrrole nitrogens is 1. The predicted octanol–water partition coefficient (Wildman–Crippen LogP) is 3.26. The zero-order valence-corrected chi connectivity index (χ0v) is 14.6. The van der Waals surface area contributed by atoms with Gasteiger partial charge in [-0.25, -0.2) is 4.98 Å². The van der Waals surface area contributed by atoms with Crippen molar-refractivity contribution in [1.82, 2.24) is 9.97 Å². The van der Waals surface area contributed by atoms with E-state index in [0.717, 1.165) is 18.4 Å². The van der Waals surface area contributed by atoms with Crippen LogP contribution in [0.3, 0.4) is 0 Å². The minimum absolute atomic E-state index is 0.218. The van der Waals surface area contributed by atoms with E-state index in [1.54, 1.807) is 25.1 Å². The number of rotatable bonds is 4. The average Bonchev–Trinajstić information content (AvgIpc) is 3.09. The van der Waals surface area contributed by atoms with Crippen molar-refractivity contribution >= 4 is 16.9 Å². The zero-order valence-electron chi connectivity index (χ0n) is 14.6. The van der Waals surface area contributed by atoms with Crippen LogP contribution in [0.1, 0.15) is 42.0 Å². The van der Waals surface area contributed by atoms with Gasteiger partial charge in [-0.3, -0.25) is 9.59 Å². The molecule has 132 valence electrons. The number of aromatic amines is 1. The number of ether oxygens (including phenoxy) is 1. The topological polar surface area (TPSA) is 72.0 Å². The monoisotopic (exact) mass is 348 g/mol. The van der Waals surface area contributed by atoms with Gasteiger partial charge in [0, 0.05) is 0 Å². The summed E-state index contributed by atoms with van der Waals surface area (Å²) < 4.78 is 5.49. The van der Waals surface area contributed by atoms with Gasteiger partial charge in [0.25, 0.3) is 5.56 Å². The van der Waals surface area contributed by atoms with E-state index in [0.29, 0.717) is 16.7 Å². The molecule has 0 aliphatic heterocycles. The molecule has 1 aliphatic rings. The molecule has 5 heteroatoms. The molecule has 0 amide bonds. The molecule has 4 rings (SSSR count). The highest BCUT2D eigenvalue weighted by Crippen LogP contribution is 2.23. The maximum Gasteiger partial charge on any atom is 0.310 e. The summed E-state index contributed by atoms with van der Waals surface area (Å²) in [6, 6.07) is 13.3. The van der Waals surface area contributed by atoms with E-state index in [2.05, 4.69) is 22.1 Å². The van der Waals surface area contributed by atoms with Crippen LogP contribution in [-0.4, -0.2) is 15.9 Å². The molecule has 2 aromatic carbocycles.